The predicted molar refractivity (Wildman–Crippen MR) is 108 cm³/mol. The van der Waals surface area contributed by atoms with Crippen molar-refractivity contribution in [2.75, 3.05) is 6.61 Å². The average molecular weight is 393 g/mol. The minimum atomic E-state index is -0.462. The number of furan rings is 1. The standard InChI is InChI=1S/C21H19N3O5/c1-14-3-8-18(11-15(14)2)28-13-21(25)23-22-12-19-9-10-20(29-19)16-4-6-17(7-5-16)24(26)27/h3-12H,13H2,1-2H3,(H,23,25)/b22-12+. The van der Waals surface area contributed by atoms with Crippen LogP contribution in [-0.4, -0.2) is 23.7 Å². The van der Waals surface area contributed by atoms with Gasteiger partial charge in [0.25, 0.3) is 11.6 Å². The van der Waals surface area contributed by atoms with Crippen LogP contribution in [0.3, 0.4) is 0 Å². The third-order valence-electron chi connectivity index (χ3n) is 4.22. The molecule has 0 aliphatic rings. The normalized spacial score (nSPS) is 10.8. The molecule has 0 fully saturated rings. The number of nitro groups is 1. The molecule has 0 atom stereocenters. The monoisotopic (exact) mass is 393 g/mol. The fraction of sp³-hybridized carbons (Fsp3) is 0.143. The molecule has 0 radical (unpaired) electrons. The summed E-state index contributed by atoms with van der Waals surface area (Å²) in [4.78, 5) is 22.1. The zero-order valence-corrected chi connectivity index (χ0v) is 15.9. The number of hydrazone groups is 1. The topological polar surface area (TPSA) is 107 Å². The maximum Gasteiger partial charge on any atom is 0.277 e. The second kappa shape index (κ2) is 8.83. The second-order valence-corrected chi connectivity index (χ2v) is 6.33. The molecule has 0 aliphatic carbocycles. The zero-order chi connectivity index (χ0) is 20.8. The molecule has 3 rings (SSSR count). The van der Waals surface area contributed by atoms with Crippen molar-refractivity contribution in [2.45, 2.75) is 13.8 Å². The molecule has 0 saturated carbocycles. The van der Waals surface area contributed by atoms with Gasteiger partial charge in [0, 0.05) is 17.7 Å². The minimum absolute atomic E-state index is 0.00724. The molecule has 1 amide bonds. The Kier molecular flexibility index (Phi) is 6.03. The summed E-state index contributed by atoms with van der Waals surface area (Å²) >= 11 is 0. The van der Waals surface area contributed by atoms with Gasteiger partial charge in [0.15, 0.2) is 6.61 Å². The molecule has 1 aromatic heterocycles. The van der Waals surface area contributed by atoms with Crippen LogP contribution in [0.15, 0.2) is 64.1 Å². The van der Waals surface area contributed by atoms with E-state index in [1.165, 1.54) is 18.3 Å². The Labute approximate surface area is 167 Å². The van der Waals surface area contributed by atoms with Crippen molar-refractivity contribution in [3.05, 3.63) is 81.6 Å². The van der Waals surface area contributed by atoms with E-state index < -0.39 is 10.8 Å². The highest BCUT2D eigenvalue weighted by molar-refractivity contribution is 5.81. The van der Waals surface area contributed by atoms with Crippen LogP contribution in [0.2, 0.25) is 0 Å². The molecule has 148 valence electrons. The summed E-state index contributed by atoms with van der Waals surface area (Å²) < 4.78 is 11.0. The number of non-ortho nitro benzene ring substituents is 1. The van der Waals surface area contributed by atoms with Gasteiger partial charge in [-0.1, -0.05) is 6.07 Å². The fourth-order valence-corrected chi connectivity index (χ4v) is 2.48. The van der Waals surface area contributed by atoms with E-state index in [2.05, 4.69) is 10.5 Å². The highest BCUT2D eigenvalue weighted by atomic mass is 16.6. The van der Waals surface area contributed by atoms with Crippen LogP contribution in [0, 0.1) is 24.0 Å². The Morgan fingerprint density at radius 1 is 1.14 bits per heavy atom. The first-order valence-electron chi connectivity index (χ1n) is 8.79. The molecule has 0 aliphatic heterocycles. The van der Waals surface area contributed by atoms with Gasteiger partial charge in [0.1, 0.15) is 17.3 Å². The largest absolute Gasteiger partial charge is 0.484 e. The number of nitrogens with zero attached hydrogens (tertiary/aromatic N) is 2. The van der Waals surface area contributed by atoms with E-state index in [0.717, 1.165) is 11.1 Å². The summed E-state index contributed by atoms with van der Waals surface area (Å²) in [5.74, 6) is 1.17. The maximum atomic E-state index is 11.8. The van der Waals surface area contributed by atoms with E-state index in [1.54, 1.807) is 30.3 Å². The SMILES string of the molecule is Cc1ccc(OCC(=O)N/N=C/c2ccc(-c3ccc([N+](=O)[O-])cc3)o2)cc1C. The average Bonchev–Trinajstić information content (AvgIpc) is 3.18. The second-order valence-electron chi connectivity index (χ2n) is 6.33. The number of carbonyl (C=O) groups is 1. The van der Waals surface area contributed by atoms with Crippen molar-refractivity contribution in [3.8, 4) is 17.1 Å². The number of carbonyl (C=O) groups excluding carboxylic acids is 1. The Morgan fingerprint density at radius 2 is 1.90 bits per heavy atom. The molecule has 0 saturated heterocycles. The van der Waals surface area contributed by atoms with Crippen LogP contribution in [-0.2, 0) is 4.79 Å². The molecular formula is C21H19N3O5. The van der Waals surface area contributed by atoms with Gasteiger partial charge in [0.05, 0.1) is 11.1 Å². The minimum Gasteiger partial charge on any atom is -0.484 e. The molecular weight excluding hydrogens is 374 g/mol. The highest BCUT2D eigenvalue weighted by Gasteiger charge is 2.08. The molecule has 1 heterocycles. The molecule has 8 heteroatoms. The maximum absolute atomic E-state index is 11.8. The Balaban J connectivity index is 1.52. The van der Waals surface area contributed by atoms with Gasteiger partial charge in [-0.05, 0) is 61.4 Å². The van der Waals surface area contributed by atoms with Gasteiger partial charge in [-0.2, -0.15) is 5.10 Å². The number of nitrogens with one attached hydrogen (secondary N) is 1. The Bertz CT molecular complexity index is 1050. The van der Waals surface area contributed by atoms with Gasteiger partial charge in [0.2, 0.25) is 0 Å². The van der Waals surface area contributed by atoms with Gasteiger partial charge in [-0.3, -0.25) is 14.9 Å². The van der Waals surface area contributed by atoms with Crippen molar-refractivity contribution in [3.63, 3.8) is 0 Å². The smallest absolute Gasteiger partial charge is 0.277 e. The van der Waals surface area contributed by atoms with Crippen LogP contribution in [0.5, 0.6) is 5.75 Å². The number of aryl methyl sites for hydroxylation is 2. The van der Waals surface area contributed by atoms with Crippen LogP contribution in [0.25, 0.3) is 11.3 Å². The summed E-state index contributed by atoms with van der Waals surface area (Å²) in [7, 11) is 0. The molecule has 8 nitrogen and oxygen atoms in total. The lowest BCUT2D eigenvalue weighted by atomic mass is 10.1. The van der Waals surface area contributed by atoms with Gasteiger partial charge >= 0.3 is 0 Å². The number of benzene rings is 2. The third kappa shape index (κ3) is 5.29. The quantitative estimate of drug-likeness (QED) is 0.371. The Hall–Kier alpha value is -3.94. The number of hydrogen-bond acceptors (Lipinski definition) is 6. The first-order chi connectivity index (χ1) is 13.9. The van der Waals surface area contributed by atoms with E-state index in [-0.39, 0.29) is 12.3 Å². The van der Waals surface area contributed by atoms with E-state index in [1.807, 2.05) is 26.0 Å². The van der Waals surface area contributed by atoms with E-state index in [0.29, 0.717) is 22.8 Å². The first-order valence-corrected chi connectivity index (χ1v) is 8.79. The van der Waals surface area contributed by atoms with Gasteiger partial charge < -0.3 is 9.15 Å². The lowest BCUT2D eigenvalue weighted by Crippen LogP contribution is -2.24. The molecule has 0 spiro atoms. The van der Waals surface area contributed by atoms with E-state index in [9.17, 15) is 14.9 Å². The number of rotatable bonds is 7. The van der Waals surface area contributed by atoms with Crippen molar-refractivity contribution >= 4 is 17.8 Å². The molecule has 1 N–H and O–H groups in total. The molecule has 0 unspecified atom stereocenters. The number of hydrogen-bond donors (Lipinski definition) is 1. The lowest BCUT2D eigenvalue weighted by molar-refractivity contribution is -0.384. The van der Waals surface area contributed by atoms with Crippen molar-refractivity contribution < 1.29 is 18.9 Å². The Morgan fingerprint density at radius 3 is 2.59 bits per heavy atom. The van der Waals surface area contributed by atoms with Crippen LogP contribution in [0.1, 0.15) is 16.9 Å². The van der Waals surface area contributed by atoms with Crippen LogP contribution in [0.4, 0.5) is 5.69 Å². The van der Waals surface area contributed by atoms with Crippen LogP contribution < -0.4 is 10.2 Å². The fourth-order valence-electron chi connectivity index (χ4n) is 2.48. The van der Waals surface area contributed by atoms with Crippen molar-refractivity contribution in [1.29, 1.82) is 0 Å². The third-order valence-corrected chi connectivity index (χ3v) is 4.22. The molecule has 29 heavy (non-hydrogen) atoms. The molecule has 0 bridgehead atoms. The van der Waals surface area contributed by atoms with Gasteiger partial charge in [-0.25, -0.2) is 5.43 Å². The molecule has 3 aromatic rings. The zero-order valence-electron chi connectivity index (χ0n) is 15.9. The van der Waals surface area contributed by atoms with E-state index in [4.69, 9.17) is 9.15 Å². The number of ether oxygens (including phenoxy) is 1. The summed E-state index contributed by atoms with van der Waals surface area (Å²) in [6.45, 7) is 3.81. The van der Waals surface area contributed by atoms with Crippen LogP contribution >= 0.6 is 0 Å². The predicted octanol–water partition coefficient (Wildman–Crippen LogP) is 4.00. The summed E-state index contributed by atoms with van der Waals surface area (Å²) in [6, 6.07) is 15.0. The summed E-state index contributed by atoms with van der Waals surface area (Å²) in [5, 5.41) is 14.5. The van der Waals surface area contributed by atoms with E-state index >= 15 is 0 Å². The first kappa shape index (κ1) is 19.8. The number of nitro benzene ring substituents is 1. The highest BCUT2D eigenvalue weighted by Crippen LogP contribution is 2.24. The summed E-state index contributed by atoms with van der Waals surface area (Å²) in [5.41, 5.74) is 5.31. The van der Waals surface area contributed by atoms with Crippen molar-refractivity contribution in [2.24, 2.45) is 5.10 Å². The van der Waals surface area contributed by atoms with Gasteiger partial charge in [-0.15, -0.1) is 0 Å². The summed E-state index contributed by atoms with van der Waals surface area (Å²) in [6.07, 6.45) is 1.36. The molecule has 2 aromatic carbocycles. The lowest BCUT2D eigenvalue weighted by Gasteiger charge is -2.07. The number of amides is 1. The van der Waals surface area contributed by atoms with Crippen molar-refractivity contribution in [1.82, 2.24) is 5.43 Å².